The van der Waals surface area contributed by atoms with Gasteiger partial charge in [-0.3, -0.25) is 13.9 Å². The Hall–Kier alpha value is -3.07. The van der Waals surface area contributed by atoms with Crippen LogP contribution in [0, 0.1) is 0 Å². The number of nitrogens with zero attached hydrogens (tertiary/aromatic N) is 2. The highest BCUT2D eigenvalue weighted by Gasteiger charge is 2.33. The van der Waals surface area contributed by atoms with E-state index in [-0.39, 0.29) is 23.0 Å². The predicted molar refractivity (Wildman–Crippen MR) is 152 cm³/mol. The van der Waals surface area contributed by atoms with Crippen molar-refractivity contribution in [3.05, 3.63) is 94.5 Å². The summed E-state index contributed by atoms with van der Waals surface area (Å²) in [7, 11) is -4.19. The van der Waals surface area contributed by atoms with Crippen LogP contribution < -0.4 is 9.62 Å². The van der Waals surface area contributed by atoms with Gasteiger partial charge in [0.2, 0.25) is 11.8 Å². The van der Waals surface area contributed by atoms with Gasteiger partial charge in [0, 0.05) is 23.1 Å². The van der Waals surface area contributed by atoms with Crippen molar-refractivity contribution < 1.29 is 18.0 Å². The maximum atomic E-state index is 13.9. The Morgan fingerprint density at radius 1 is 0.895 bits per heavy atom. The lowest BCUT2D eigenvalue weighted by molar-refractivity contribution is -0.140. The summed E-state index contributed by atoms with van der Waals surface area (Å²) in [4.78, 5) is 28.4. The smallest absolute Gasteiger partial charge is 0.264 e. The minimum absolute atomic E-state index is 0.0305. The molecule has 0 aromatic heterocycles. The van der Waals surface area contributed by atoms with Gasteiger partial charge >= 0.3 is 0 Å². The highest BCUT2D eigenvalue weighted by Crippen LogP contribution is 2.27. The first-order chi connectivity index (χ1) is 18.2. The van der Waals surface area contributed by atoms with Gasteiger partial charge in [0.15, 0.2) is 0 Å². The molecule has 0 aliphatic rings. The molecule has 3 aromatic rings. The third-order valence-corrected chi connectivity index (χ3v) is 8.18. The summed E-state index contributed by atoms with van der Waals surface area (Å²) in [6, 6.07) is 20.5. The summed E-state index contributed by atoms with van der Waals surface area (Å²) in [5.41, 5.74) is 1.04. The van der Waals surface area contributed by atoms with E-state index in [0.717, 1.165) is 16.3 Å². The Morgan fingerprint density at radius 3 is 2.18 bits per heavy atom. The number of nitrogens with one attached hydrogen (secondary N) is 1. The first-order valence-electron chi connectivity index (χ1n) is 12.3. The fourth-order valence-corrected chi connectivity index (χ4v) is 5.68. The molecule has 1 N–H and O–H groups in total. The number of carbonyl (C=O) groups excluding carboxylic acids is 2. The lowest BCUT2D eigenvalue weighted by Crippen LogP contribution is -2.52. The summed E-state index contributed by atoms with van der Waals surface area (Å²) in [6.45, 7) is 3.85. The number of carbonyl (C=O) groups is 2. The van der Waals surface area contributed by atoms with E-state index in [1.54, 1.807) is 18.2 Å². The van der Waals surface area contributed by atoms with E-state index in [9.17, 15) is 18.0 Å². The summed E-state index contributed by atoms with van der Waals surface area (Å²) < 4.78 is 28.6. The Balaban J connectivity index is 2.04. The van der Waals surface area contributed by atoms with Crippen molar-refractivity contribution in [3.63, 3.8) is 0 Å². The highest BCUT2D eigenvalue weighted by atomic mass is 35.5. The molecule has 0 saturated carbocycles. The van der Waals surface area contributed by atoms with Gasteiger partial charge in [-0.25, -0.2) is 8.42 Å². The molecule has 10 heteroatoms. The van der Waals surface area contributed by atoms with Crippen molar-refractivity contribution >= 4 is 50.7 Å². The molecule has 0 bridgehead atoms. The number of rotatable bonds is 12. The van der Waals surface area contributed by atoms with Crippen molar-refractivity contribution in [3.8, 4) is 0 Å². The van der Waals surface area contributed by atoms with E-state index in [2.05, 4.69) is 5.32 Å². The van der Waals surface area contributed by atoms with Crippen LogP contribution in [0.1, 0.15) is 32.3 Å². The minimum Gasteiger partial charge on any atom is -0.354 e. The molecule has 1 atom stereocenters. The van der Waals surface area contributed by atoms with Crippen LogP contribution in [0.5, 0.6) is 0 Å². The van der Waals surface area contributed by atoms with Crippen molar-refractivity contribution in [2.45, 2.75) is 44.2 Å². The zero-order chi connectivity index (χ0) is 27.7. The topological polar surface area (TPSA) is 86.8 Å². The molecule has 3 aromatic carbocycles. The van der Waals surface area contributed by atoms with Crippen LogP contribution in [0.2, 0.25) is 10.0 Å². The molecule has 38 heavy (non-hydrogen) atoms. The molecule has 0 spiro atoms. The lowest BCUT2D eigenvalue weighted by atomic mass is 10.1. The first-order valence-corrected chi connectivity index (χ1v) is 14.5. The van der Waals surface area contributed by atoms with Crippen LogP contribution in [0.3, 0.4) is 0 Å². The molecule has 0 fully saturated rings. The fraction of sp³-hybridized carbons (Fsp3) is 0.286. The number of amides is 2. The van der Waals surface area contributed by atoms with Crippen molar-refractivity contribution in [1.82, 2.24) is 10.2 Å². The number of benzene rings is 3. The number of halogens is 2. The molecule has 7 nitrogen and oxygen atoms in total. The Kier molecular flexibility index (Phi) is 10.6. The van der Waals surface area contributed by atoms with Gasteiger partial charge in [-0.2, -0.15) is 0 Å². The third-order valence-electron chi connectivity index (χ3n) is 5.91. The van der Waals surface area contributed by atoms with Crippen LogP contribution in [-0.2, 0) is 26.2 Å². The van der Waals surface area contributed by atoms with E-state index in [4.69, 9.17) is 23.2 Å². The summed E-state index contributed by atoms with van der Waals surface area (Å²) in [5.74, 6) is -0.807. The molecule has 0 aliphatic carbocycles. The third kappa shape index (κ3) is 7.49. The molecule has 0 heterocycles. The highest BCUT2D eigenvalue weighted by molar-refractivity contribution is 7.92. The number of hydrogen-bond acceptors (Lipinski definition) is 4. The average molecular weight is 577 g/mol. The lowest BCUT2D eigenvalue weighted by Gasteiger charge is -2.33. The van der Waals surface area contributed by atoms with Gasteiger partial charge in [-0.15, -0.1) is 0 Å². The monoisotopic (exact) mass is 575 g/mol. The molecule has 0 unspecified atom stereocenters. The van der Waals surface area contributed by atoms with E-state index >= 15 is 0 Å². The van der Waals surface area contributed by atoms with Crippen LogP contribution in [-0.4, -0.2) is 44.3 Å². The van der Waals surface area contributed by atoms with Gasteiger partial charge in [0.25, 0.3) is 10.0 Å². The minimum atomic E-state index is -4.19. The normalized spacial score (nSPS) is 12.0. The summed E-state index contributed by atoms with van der Waals surface area (Å²) in [6.07, 6.45) is 1.10. The number of sulfonamides is 1. The molecular weight excluding hydrogens is 545 g/mol. The van der Waals surface area contributed by atoms with Gasteiger partial charge in [0.1, 0.15) is 12.6 Å². The van der Waals surface area contributed by atoms with Crippen molar-refractivity contribution in [1.29, 1.82) is 0 Å². The number of anilines is 1. The van der Waals surface area contributed by atoms with Gasteiger partial charge < -0.3 is 10.2 Å². The molecule has 0 saturated heterocycles. The zero-order valence-electron chi connectivity index (χ0n) is 21.3. The predicted octanol–water partition coefficient (Wildman–Crippen LogP) is 5.52. The summed E-state index contributed by atoms with van der Waals surface area (Å²) in [5, 5.41) is 3.56. The van der Waals surface area contributed by atoms with Gasteiger partial charge in [-0.1, -0.05) is 73.4 Å². The molecule has 0 aliphatic heterocycles. The average Bonchev–Trinajstić information content (AvgIpc) is 2.91. The molecule has 0 radical (unpaired) electrons. The van der Waals surface area contributed by atoms with Gasteiger partial charge in [-0.05, 0) is 60.9 Å². The van der Waals surface area contributed by atoms with Gasteiger partial charge in [0.05, 0.1) is 10.6 Å². The molecular formula is C28H31Cl2N3O4S. The van der Waals surface area contributed by atoms with Crippen LogP contribution in [0.4, 0.5) is 5.69 Å². The largest absolute Gasteiger partial charge is 0.354 e. The fourth-order valence-electron chi connectivity index (χ4n) is 3.96. The quantitative estimate of drug-likeness (QED) is 0.308. The van der Waals surface area contributed by atoms with Crippen LogP contribution in [0.25, 0.3) is 0 Å². The maximum Gasteiger partial charge on any atom is 0.264 e. The second-order valence-corrected chi connectivity index (χ2v) is 11.4. The Bertz CT molecular complexity index is 1340. The number of hydrogen-bond donors (Lipinski definition) is 1. The second kappa shape index (κ2) is 13.6. The maximum absolute atomic E-state index is 13.9. The van der Waals surface area contributed by atoms with Crippen LogP contribution in [0.15, 0.2) is 83.8 Å². The zero-order valence-corrected chi connectivity index (χ0v) is 23.6. The Labute approximate surface area is 234 Å². The standard InChI is InChI=1S/C28H31Cl2N3O4S/c1-3-17-31-28(35)26(4-2)32(19-21-9-6-5-7-10-21)27(34)20-33(24-12-8-11-23(30)18-24)38(36,37)25-15-13-22(29)14-16-25/h5-16,18,26H,3-4,17,19-20H2,1-2H3,(H,31,35)/t26-/m1/s1. The van der Waals surface area contributed by atoms with E-state index in [1.165, 1.54) is 35.2 Å². The van der Waals surface area contributed by atoms with Crippen molar-refractivity contribution in [2.75, 3.05) is 17.4 Å². The second-order valence-electron chi connectivity index (χ2n) is 8.67. The molecule has 3 rings (SSSR count). The van der Waals surface area contributed by atoms with Crippen molar-refractivity contribution in [2.24, 2.45) is 0 Å². The molecule has 2 amide bonds. The van der Waals surface area contributed by atoms with Crippen LogP contribution >= 0.6 is 23.2 Å². The first kappa shape index (κ1) is 29.5. The summed E-state index contributed by atoms with van der Waals surface area (Å²) >= 11 is 12.2. The van der Waals surface area contributed by atoms with E-state index < -0.39 is 28.5 Å². The van der Waals surface area contributed by atoms with E-state index in [1.807, 2.05) is 44.2 Å². The SMILES string of the molecule is CCCNC(=O)[C@@H](CC)N(Cc1ccccc1)C(=O)CN(c1cccc(Cl)c1)S(=O)(=O)c1ccc(Cl)cc1. The van der Waals surface area contributed by atoms with E-state index in [0.29, 0.717) is 23.0 Å². The molecule has 202 valence electrons. The Morgan fingerprint density at radius 2 is 1.58 bits per heavy atom.